The number of hydrogen-bond acceptors (Lipinski definition) is 7. The van der Waals surface area contributed by atoms with Gasteiger partial charge in [0.1, 0.15) is 19.8 Å². The minimum absolute atomic E-state index is 0.349. The van der Waals surface area contributed by atoms with Crippen molar-refractivity contribution in [2.24, 2.45) is 17.2 Å². The smallest absolute Gasteiger partial charge is 0.203 e. The summed E-state index contributed by atoms with van der Waals surface area (Å²) in [6.07, 6.45) is 0. The number of nitrogens with two attached hydrogens (primary N) is 4. The lowest BCUT2D eigenvalue weighted by molar-refractivity contribution is 0.252. The van der Waals surface area contributed by atoms with Crippen molar-refractivity contribution in [2.75, 3.05) is 45.2 Å². The summed E-state index contributed by atoms with van der Waals surface area (Å²) in [4.78, 5) is 0. The van der Waals surface area contributed by atoms with Gasteiger partial charge < -0.3 is 37.1 Å². The minimum atomic E-state index is 0.349. The summed E-state index contributed by atoms with van der Waals surface area (Å²) in [5.41, 5.74) is 22.6. The van der Waals surface area contributed by atoms with E-state index < -0.39 is 0 Å². The van der Waals surface area contributed by atoms with Gasteiger partial charge in [-0.1, -0.05) is 0 Å². The van der Waals surface area contributed by atoms with Gasteiger partial charge in [0, 0.05) is 37.5 Å². The van der Waals surface area contributed by atoms with E-state index >= 15 is 0 Å². The molecule has 0 saturated heterocycles. The Hall–Kier alpha value is -1.70. The summed E-state index contributed by atoms with van der Waals surface area (Å²) < 4.78 is 16.6. The molecule has 108 valence electrons. The van der Waals surface area contributed by atoms with Gasteiger partial charge in [0.2, 0.25) is 5.75 Å². The van der Waals surface area contributed by atoms with E-state index in [0.717, 1.165) is 0 Å². The van der Waals surface area contributed by atoms with Crippen LogP contribution in [-0.2, 0) is 0 Å². The Morgan fingerprint density at radius 3 is 1.58 bits per heavy atom. The molecule has 7 heteroatoms. The zero-order chi connectivity index (χ0) is 14.1. The molecule has 0 aromatic heterocycles. The highest BCUT2D eigenvalue weighted by Crippen LogP contribution is 2.39. The van der Waals surface area contributed by atoms with Crippen LogP contribution in [0.1, 0.15) is 0 Å². The third-order valence-corrected chi connectivity index (χ3v) is 2.16. The first-order chi connectivity index (χ1) is 9.22. The minimum Gasteiger partial charge on any atom is -0.488 e. The maximum atomic E-state index is 5.80. The van der Waals surface area contributed by atoms with Crippen LogP contribution in [0.4, 0.5) is 5.69 Å². The number of rotatable bonds is 9. The van der Waals surface area contributed by atoms with Gasteiger partial charge in [-0.15, -0.1) is 0 Å². The van der Waals surface area contributed by atoms with Crippen LogP contribution in [0.25, 0.3) is 0 Å². The van der Waals surface area contributed by atoms with Crippen LogP contribution in [0.2, 0.25) is 0 Å². The largest absolute Gasteiger partial charge is 0.488 e. The van der Waals surface area contributed by atoms with E-state index in [4.69, 9.17) is 37.1 Å². The molecular formula is C12H22N4O3. The highest BCUT2D eigenvalue weighted by molar-refractivity contribution is 5.60. The van der Waals surface area contributed by atoms with Crippen molar-refractivity contribution >= 4 is 5.69 Å². The number of nitrogen functional groups attached to an aromatic ring is 1. The van der Waals surface area contributed by atoms with Gasteiger partial charge in [-0.3, -0.25) is 0 Å². The van der Waals surface area contributed by atoms with Gasteiger partial charge in [-0.2, -0.15) is 0 Å². The lowest BCUT2D eigenvalue weighted by Gasteiger charge is -2.17. The number of anilines is 1. The first kappa shape index (κ1) is 15.4. The fourth-order valence-electron chi connectivity index (χ4n) is 1.45. The highest BCUT2D eigenvalue weighted by atomic mass is 16.5. The predicted octanol–water partition coefficient (Wildman–Crippen LogP) is -0.719. The summed E-state index contributed by atoms with van der Waals surface area (Å²) >= 11 is 0. The number of benzene rings is 1. The Morgan fingerprint density at radius 2 is 1.16 bits per heavy atom. The van der Waals surface area contributed by atoms with Crippen molar-refractivity contribution in [3.8, 4) is 17.2 Å². The fourth-order valence-corrected chi connectivity index (χ4v) is 1.45. The lowest BCUT2D eigenvalue weighted by Crippen LogP contribution is -2.16. The summed E-state index contributed by atoms with van der Waals surface area (Å²) in [5.74, 6) is 1.46. The summed E-state index contributed by atoms with van der Waals surface area (Å²) in [7, 11) is 0. The molecule has 0 spiro atoms. The summed E-state index contributed by atoms with van der Waals surface area (Å²) in [6.45, 7) is 2.24. The first-order valence-corrected chi connectivity index (χ1v) is 6.15. The molecule has 1 rings (SSSR count). The molecule has 8 N–H and O–H groups in total. The van der Waals surface area contributed by atoms with Crippen molar-refractivity contribution in [3.63, 3.8) is 0 Å². The Bertz CT molecular complexity index is 358. The molecule has 0 heterocycles. The van der Waals surface area contributed by atoms with Gasteiger partial charge in [0.05, 0.1) is 0 Å². The molecule has 0 aliphatic rings. The zero-order valence-electron chi connectivity index (χ0n) is 10.9. The maximum Gasteiger partial charge on any atom is 0.203 e. The molecule has 0 aliphatic heterocycles. The zero-order valence-corrected chi connectivity index (χ0v) is 10.9. The van der Waals surface area contributed by atoms with Crippen LogP contribution < -0.4 is 37.1 Å². The monoisotopic (exact) mass is 270 g/mol. The lowest BCUT2D eigenvalue weighted by atomic mass is 10.2. The molecule has 1 aromatic rings. The normalized spacial score (nSPS) is 10.3. The molecule has 0 bridgehead atoms. The predicted molar refractivity (Wildman–Crippen MR) is 74.5 cm³/mol. The number of ether oxygens (including phenoxy) is 3. The second-order valence-electron chi connectivity index (χ2n) is 3.76. The average molecular weight is 270 g/mol. The van der Waals surface area contributed by atoms with Crippen molar-refractivity contribution < 1.29 is 14.2 Å². The molecule has 0 saturated carbocycles. The molecular weight excluding hydrogens is 248 g/mol. The molecule has 0 aliphatic carbocycles. The summed E-state index contributed by atoms with van der Waals surface area (Å²) in [5, 5.41) is 0. The van der Waals surface area contributed by atoms with E-state index in [2.05, 4.69) is 0 Å². The van der Waals surface area contributed by atoms with Gasteiger partial charge in [0.25, 0.3) is 0 Å². The van der Waals surface area contributed by atoms with Gasteiger partial charge in [-0.05, 0) is 0 Å². The van der Waals surface area contributed by atoms with E-state index in [1.807, 2.05) is 0 Å². The van der Waals surface area contributed by atoms with E-state index in [1.54, 1.807) is 12.1 Å². The molecule has 0 radical (unpaired) electrons. The Balaban J connectivity index is 2.99. The molecule has 0 atom stereocenters. The van der Waals surface area contributed by atoms with Crippen LogP contribution >= 0.6 is 0 Å². The van der Waals surface area contributed by atoms with Crippen LogP contribution in [-0.4, -0.2) is 39.5 Å². The quantitative estimate of drug-likeness (QED) is 0.435. The van der Waals surface area contributed by atoms with Crippen molar-refractivity contribution in [2.45, 2.75) is 0 Å². The molecule has 0 fully saturated rings. The fraction of sp³-hybridized carbons (Fsp3) is 0.500. The number of hydrogen-bond donors (Lipinski definition) is 4. The van der Waals surface area contributed by atoms with E-state index in [1.165, 1.54) is 0 Å². The van der Waals surface area contributed by atoms with Crippen molar-refractivity contribution in [1.82, 2.24) is 0 Å². The van der Waals surface area contributed by atoms with E-state index in [0.29, 0.717) is 62.4 Å². The maximum absolute atomic E-state index is 5.80. The molecule has 0 amide bonds. The average Bonchev–Trinajstić information content (AvgIpc) is 2.41. The molecule has 1 aromatic carbocycles. The third-order valence-electron chi connectivity index (χ3n) is 2.16. The second kappa shape index (κ2) is 8.41. The standard InChI is InChI=1S/C12H22N4O3/c13-1-4-17-10-7-9(16)8-11(18-5-2-14)12(10)19-6-3-15/h7-8H,1-6,13-16H2. The van der Waals surface area contributed by atoms with Crippen LogP contribution in [0.15, 0.2) is 12.1 Å². The van der Waals surface area contributed by atoms with E-state index in [9.17, 15) is 0 Å². The Kier molecular flexibility index (Phi) is 6.80. The van der Waals surface area contributed by atoms with Gasteiger partial charge in [-0.25, -0.2) is 0 Å². The van der Waals surface area contributed by atoms with Gasteiger partial charge in [0.15, 0.2) is 11.5 Å². The van der Waals surface area contributed by atoms with Crippen molar-refractivity contribution in [1.29, 1.82) is 0 Å². The highest BCUT2D eigenvalue weighted by Gasteiger charge is 2.14. The molecule has 7 nitrogen and oxygen atoms in total. The topological polar surface area (TPSA) is 132 Å². The van der Waals surface area contributed by atoms with Crippen LogP contribution in [0.5, 0.6) is 17.2 Å². The van der Waals surface area contributed by atoms with Crippen LogP contribution in [0, 0.1) is 0 Å². The Morgan fingerprint density at radius 1 is 0.737 bits per heavy atom. The summed E-state index contributed by atoms with van der Waals surface area (Å²) in [6, 6.07) is 3.33. The molecule has 0 unspecified atom stereocenters. The third kappa shape index (κ3) is 4.82. The molecule has 19 heavy (non-hydrogen) atoms. The second-order valence-corrected chi connectivity index (χ2v) is 3.76. The van der Waals surface area contributed by atoms with Crippen LogP contribution in [0.3, 0.4) is 0 Å². The SMILES string of the molecule is NCCOc1cc(N)cc(OCCN)c1OCCN. The van der Waals surface area contributed by atoms with E-state index in [-0.39, 0.29) is 0 Å². The van der Waals surface area contributed by atoms with Gasteiger partial charge >= 0.3 is 0 Å². The first-order valence-electron chi connectivity index (χ1n) is 6.15. The Labute approximate surface area is 112 Å². The van der Waals surface area contributed by atoms with Crippen molar-refractivity contribution in [3.05, 3.63) is 12.1 Å².